The summed E-state index contributed by atoms with van der Waals surface area (Å²) in [6.07, 6.45) is 0. The van der Waals surface area contributed by atoms with E-state index in [4.69, 9.17) is 9.47 Å². The zero-order valence-electron chi connectivity index (χ0n) is 14.1. The second kappa shape index (κ2) is 6.76. The van der Waals surface area contributed by atoms with Gasteiger partial charge in [-0.05, 0) is 24.0 Å². The van der Waals surface area contributed by atoms with Gasteiger partial charge in [0.2, 0.25) is 10.0 Å². The number of nitrogens with one attached hydrogen (secondary N) is 1. The van der Waals surface area contributed by atoms with Crippen LogP contribution in [0, 0.1) is 12.3 Å². The van der Waals surface area contributed by atoms with Crippen molar-refractivity contribution in [1.82, 2.24) is 4.72 Å². The van der Waals surface area contributed by atoms with Crippen LogP contribution in [0.2, 0.25) is 0 Å². The minimum Gasteiger partial charge on any atom is -0.493 e. The Bertz CT molecular complexity index is 691. The third kappa shape index (κ3) is 4.35. The summed E-state index contributed by atoms with van der Waals surface area (Å²) < 4.78 is 37.7. The van der Waals surface area contributed by atoms with Crippen LogP contribution in [0.5, 0.6) is 11.5 Å². The number of sulfonamides is 1. The third-order valence-electron chi connectivity index (χ3n) is 3.36. The first kappa shape index (κ1) is 19.2. The predicted octanol–water partition coefficient (Wildman–Crippen LogP) is 1.79. The smallest absolute Gasteiger partial charge is 0.322 e. The molecule has 0 radical (unpaired) electrons. The van der Waals surface area contributed by atoms with Crippen LogP contribution < -0.4 is 14.2 Å². The highest BCUT2D eigenvalue weighted by Gasteiger charge is 2.36. The molecule has 0 heterocycles. The molecule has 8 heteroatoms. The molecule has 23 heavy (non-hydrogen) atoms. The number of rotatable bonds is 6. The van der Waals surface area contributed by atoms with Crippen molar-refractivity contribution in [2.75, 3.05) is 14.2 Å². The summed E-state index contributed by atoms with van der Waals surface area (Å²) in [6, 6.07) is 1.58. The number of carboxylic acid groups (broad SMARTS) is 1. The fourth-order valence-electron chi connectivity index (χ4n) is 2.07. The predicted molar refractivity (Wildman–Crippen MR) is 85.5 cm³/mol. The Balaban J connectivity index is 3.36. The number of aliphatic carboxylic acids is 1. The molecule has 1 atom stereocenters. The number of benzene rings is 1. The van der Waals surface area contributed by atoms with Crippen LogP contribution >= 0.6 is 0 Å². The Labute approximate surface area is 136 Å². The Morgan fingerprint density at radius 1 is 1.17 bits per heavy atom. The van der Waals surface area contributed by atoms with E-state index in [1.807, 2.05) is 0 Å². The van der Waals surface area contributed by atoms with Gasteiger partial charge in [-0.15, -0.1) is 0 Å². The number of ether oxygens (including phenoxy) is 2. The molecule has 1 aromatic carbocycles. The standard InChI is InChI=1S/C15H23NO6S/c1-9-7-10(21-5)11(22-6)8-12(9)23(19,20)16-13(14(17)18)15(2,3)4/h7-8,13,16H,1-6H3,(H,17,18)/t13-/m1/s1. The van der Waals surface area contributed by atoms with Gasteiger partial charge in [0, 0.05) is 6.07 Å². The van der Waals surface area contributed by atoms with Crippen LogP contribution in [0.1, 0.15) is 26.3 Å². The van der Waals surface area contributed by atoms with Crippen molar-refractivity contribution in [3.8, 4) is 11.5 Å². The minimum absolute atomic E-state index is 0.0503. The molecule has 0 unspecified atom stereocenters. The summed E-state index contributed by atoms with van der Waals surface area (Å²) in [5.41, 5.74) is -0.364. The average Bonchev–Trinajstić information content (AvgIpc) is 2.42. The van der Waals surface area contributed by atoms with Crippen molar-refractivity contribution >= 4 is 16.0 Å². The van der Waals surface area contributed by atoms with Gasteiger partial charge in [0.1, 0.15) is 6.04 Å². The minimum atomic E-state index is -4.04. The highest BCUT2D eigenvalue weighted by Crippen LogP contribution is 2.33. The Kier molecular flexibility index (Phi) is 5.65. The normalized spacial score (nSPS) is 13.5. The van der Waals surface area contributed by atoms with Crippen molar-refractivity contribution in [2.45, 2.75) is 38.6 Å². The van der Waals surface area contributed by atoms with Gasteiger partial charge < -0.3 is 14.6 Å². The summed E-state index contributed by atoms with van der Waals surface area (Å²) >= 11 is 0. The lowest BCUT2D eigenvalue weighted by atomic mass is 9.88. The highest BCUT2D eigenvalue weighted by molar-refractivity contribution is 7.89. The number of hydrogen-bond acceptors (Lipinski definition) is 5. The largest absolute Gasteiger partial charge is 0.493 e. The monoisotopic (exact) mass is 345 g/mol. The summed E-state index contributed by atoms with van der Waals surface area (Å²) in [4.78, 5) is 11.3. The number of aryl methyl sites for hydroxylation is 1. The number of methoxy groups -OCH3 is 2. The van der Waals surface area contributed by atoms with Crippen molar-refractivity contribution in [3.05, 3.63) is 17.7 Å². The lowest BCUT2D eigenvalue weighted by Crippen LogP contribution is -2.49. The van der Waals surface area contributed by atoms with Crippen LogP contribution in [0.4, 0.5) is 0 Å². The van der Waals surface area contributed by atoms with E-state index in [1.54, 1.807) is 27.7 Å². The SMILES string of the molecule is COc1cc(C)c(S(=O)(=O)N[C@H](C(=O)O)C(C)(C)C)cc1OC. The van der Waals surface area contributed by atoms with E-state index in [-0.39, 0.29) is 10.6 Å². The quantitative estimate of drug-likeness (QED) is 0.815. The first-order valence-electron chi connectivity index (χ1n) is 6.91. The van der Waals surface area contributed by atoms with Crippen LogP contribution in [0.15, 0.2) is 17.0 Å². The molecule has 0 saturated heterocycles. The van der Waals surface area contributed by atoms with Gasteiger partial charge in [-0.3, -0.25) is 4.79 Å². The van der Waals surface area contributed by atoms with Crippen LogP contribution in [0.3, 0.4) is 0 Å². The molecule has 2 N–H and O–H groups in total. The lowest BCUT2D eigenvalue weighted by molar-refractivity contribution is -0.141. The molecule has 1 rings (SSSR count). The molecule has 1 aromatic rings. The van der Waals surface area contributed by atoms with Gasteiger partial charge in [0.05, 0.1) is 19.1 Å². The molecule has 0 fully saturated rings. The Hall–Kier alpha value is -1.80. The van der Waals surface area contributed by atoms with E-state index in [1.165, 1.54) is 26.4 Å². The average molecular weight is 345 g/mol. The number of carboxylic acids is 1. The molecule has 0 saturated carbocycles. The van der Waals surface area contributed by atoms with E-state index in [0.29, 0.717) is 11.3 Å². The van der Waals surface area contributed by atoms with Crippen LogP contribution in [-0.4, -0.2) is 39.8 Å². The highest BCUT2D eigenvalue weighted by atomic mass is 32.2. The summed E-state index contributed by atoms with van der Waals surface area (Å²) in [5.74, 6) is -0.588. The van der Waals surface area contributed by atoms with Gasteiger partial charge in [0.15, 0.2) is 11.5 Å². The van der Waals surface area contributed by atoms with Crippen LogP contribution in [-0.2, 0) is 14.8 Å². The molecule has 130 valence electrons. The molecule has 0 bridgehead atoms. The zero-order valence-corrected chi connectivity index (χ0v) is 14.9. The summed E-state index contributed by atoms with van der Waals surface area (Å²) in [6.45, 7) is 6.55. The molecule has 0 aliphatic heterocycles. The van der Waals surface area contributed by atoms with Crippen molar-refractivity contribution in [1.29, 1.82) is 0 Å². The van der Waals surface area contributed by atoms with E-state index >= 15 is 0 Å². The fraction of sp³-hybridized carbons (Fsp3) is 0.533. The molecule has 0 aliphatic rings. The second-order valence-corrected chi connectivity index (χ2v) is 7.91. The van der Waals surface area contributed by atoms with E-state index < -0.39 is 27.4 Å². The first-order valence-corrected chi connectivity index (χ1v) is 8.40. The van der Waals surface area contributed by atoms with Gasteiger partial charge >= 0.3 is 5.97 Å². The number of hydrogen-bond donors (Lipinski definition) is 2. The Morgan fingerprint density at radius 2 is 1.65 bits per heavy atom. The molecule has 0 aliphatic carbocycles. The molecule has 0 spiro atoms. The zero-order chi connectivity index (χ0) is 18.0. The first-order chi connectivity index (χ1) is 10.4. The van der Waals surface area contributed by atoms with E-state index in [0.717, 1.165) is 0 Å². The maximum Gasteiger partial charge on any atom is 0.322 e. The molecule has 0 aromatic heterocycles. The molecular formula is C15H23NO6S. The third-order valence-corrected chi connectivity index (χ3v) is 4.92. The Morgan fingerprint density at radius 3 is 2.04 bits per heavy atom. The topological polar surface area (TPSA) is 102 Å². The van der Waals surface area contributed by atoms with Crippen molar-refractivity contribution in [3.63, 3.8) is 0 Å². The molecule has 7 nitrogen and oxygen atoms in total. The van der Waals surface area contributed by atoms with Gasteiger partial charge in [-0.2, -0.15) is 4.72 Å². The second-order valence-electron chi connectivity index (χ2n) is 6.23. The van der Waals surface area contributed by atoms with Gasteiger partial charge in [-0.1, -0.05) is 20.8 Å². The van der Waals surface area contributed by atoms with E-state index in [2.05, 4.69) is 4.72 Å². The van der Waals surface area contributed by atoms with Crippen molar-refractivity contribution in [2.24, 2.45) is 5.41 Å². The van der Waals surface area contributed by atoms with Gasteiger partial charge in [0.25, 0.3) is 0 Å². The maximum atomic E-state index is 12.6. The maximum absolute atomic E-state index is 12.6. The molecular weight excluding hydrogens is 322 g/mol. The van der Waals surface area contributed by atoms with Crippen molar-refractivity contribution < 1.29 is 27.8 Å². The van der Waals surface area contributed by atoms with E-state index in [9.17, 15) is 18.3 Å². The number of carbonyl (C=O) groups is 1. The summed E-state index contributed by atoms with van der Waals surface area (Å²) in [7, 11) is -1.20. The fourth-order valence-corrected chi connectivity index (χ4v) is 3.70. The summed E-state index contributed by atoms with van der Waals surface area (Å²) in [5, 5.41) is 9.30. The van der Waals surface area contributed by atoms with Crippen LogP contribution in [0.25, 0.3) is 0 Å². The lowest BCUT2D eigenvalue weighted by Gasteiger charge is -2.28. The molecule has 0 amide bonds. The van der Waals surface area contributed by atoms with Gasteiger partial charge in [-0.25, -0.2) is 8.42 Å².